The van der Waals surface area contributed by atoms with Crippen LogP contribution >= 0.6 is 95.6 Å². The summed E-state index contributed by atoms with van der Waals surface area (Å²) in [6.07, 6.45) is 5.19. The third-order valence-corrected chi connectivity index (χ3v) is 12.9. The Labute approximate surface area is 268 Å². The first-order valence-electron chi connectivity index (χ1n) is 11.1. The lowest BCUT2D eigenvalue weighted by molar-refractivity contribution is 0.474. The highest BCUT2D eigenvalue weighted by Gasteiger charge is 2.19. The number of hydrogen-bond acceptors (Lipinski definition) is 1. The average Bonchev–Trinajstić information content (AvgIpc) is 2.92. The molecule has 0 spiro atoms. The molecule has 37 heavy (non-hydrogen) atoms. The Morgan fingerprint density at radius 3 is 1.19 bits per heavy atom. The van der Waals surface area contributed by atoms with Crippen molar-refractivity contribution in [1.82, 2.24) is 0 Å². The fourth-order valence-corrected chi connectivity index (χ4v) is 6.89. The molecule has 0 heterocycles. The molecule has 1 nitrogen and oxygen atoms in total. The SMILES string of the molecule is C=Cc1ccc(Cc2cc(Oc3cc(Cc4ccc(C=C)cc4)c(Br)c(Br)c3Br)c(Br)c(Br)c2Br)cc1. The lowest BCUT2D eigenvalue weighted by Crippen LogP contribution is -1.97. The van der Waals surface area contributed by atoms with Crippen molar-refractivity contribution in [3.05, 3.63) is 134 Å². The van der Waals surface area contributed by atoms with Gasteiger partial charge in [-0.3, -0.25) is 0 Å². The molecule has 4 aromatic rings. The number of benzene rings is 4. The highest BCUT2D eigenvalue weighted by Crippen LogP contribution is 2.47. The molecule has 0 aliphatic heterocycles. The molecule has 4 aromatic carbocycles. The van der Waals surface area contributed by atoms with Crippen molar-refractivity contribution in [1.29, 1.82) is 0 Å². The van der Waals surface area contributed by atoms with Crippen LogP contribution in [-0.2, 0) is 12.8 Å². The van der Waals surface area contributed by atoms with E-state index in [-0.39, 0.29) is 0 Å². The van der Waals surface area contributed by atoms with Crippen LogP contribution in [0.5, 0.6) is 11.5 Å². The molecule has 0 aliphatic carbocycles. The molecule has 0 aromatic heterocycles. The monoisotopic (exact) mass is 870 g/mol. The van der Waals surface area contributed by atoms with Gasteiger partial charge in [-0.2, -0.15) is 0 Å². The topological polar surface area (TPSA) is 9.23 Å². The summed E-state index contributed by atoms with van der Waals surface area (Å²) in [4.78, 5) is 0. The quantitative estimate of drug-likeness (QED) is 0.160. The molecule has 4 rings (SSSR count). The van der Waals surface area contributed by atoms with Gasteiger partial charge in [0.15, 0.2) is 0 Å². The summed E-state index contributed by atoms with van der Waals surface area (Å²) in [5.74, 6) is 1.42. The van der Waals surface area contributed by atoms with Crippen molar-refractivity contribution in [3.8, 4) is 11.5 Å². The zero-order valence-corrected chi connectivity index (χ0v) is 28.9. The lowest BCUT2D eigenvalue weighted by Gasteiger charge is -2.18. The van der Waals surface area contributed by atoms with E-state index in [0.717, 1.165) is 61.9 Å². The van der Waals surface area contributed by atoms with Crippen LogP contribution in [0.25, 0.3) is 12.2 Å². The molecule has 0 saturated heterocycles. The summed E-state index contributed by atoms with van der Waals surface area (Å²) in [7, 11) is 0. The van der Waals surface area contributed by atoms with E-state index in [1.54, 1.807) is 0 Å². The van der Waals surface area contributed by atoms with Gasteiger partial charge in [-0.05, 0) is 154 Å². The summed E-state index contributed by atoms with van der Waals surface area (Å²) in [6.45, 7) is 7.67. The van der Waals surface area contributed by atoms with Crippen LogP contribution in [0.4, 0.5) is 0 Å². The van der Waals surface area contributed by atoms with Crippen molar-refractivity contribution in [2.75, 3.05) is 0 Å². The molecule has 0 radical (unpaired) electrons. The third-order valence-electron chi connectivity index (χ3n) is 5.82. The van der Waals surface area contributed by atoms with E-state index >= 15 is 0 Å². The van der Waals surface area contributed by atoms with Gasteiger partial charge in [0.1, 0.15) is 11.5 Å². The second-order valence-electron chi connectivity index (χ2n) is 8.30. The molecule has 0 unspecified atom stereocenters. The molecule has 0 atom stereocenters. The largest absolute Gasteiger partial charge is 0.455 e. The van der Waals surface area contributed by atoms with Gasteiger partial charge in [-0.1, -0.05) is 73.8 Å². The molecule has 0 saturated carbocycles. The molecular formula is C30H20Br6O. The Bertz CT molecular complexity index is 1360. The van der Waals surface area contributed by atoms with Crippen LogP contribution in [0.1, 0.15) is 33.4 Å². The van der Waals surface area contributed by atoms with E-state index in [4.69, 9.17) is 4.74 Å². The molecular weight excluding hydrogens is 856 g/mol. The minimum Gasteiger partial charge on any atom is -0.455 e. The maximum absolute atomic E-state index is 6.52. The van der Waals surface area contributed by atoms with Crippen molar-refractivity contribution in [2.24, 2.45) is 0 Å². The third kappa shape index (κ3) is 6.79. The van der Waals surface area contributed by atoms with Gasteiger partial charge in [0.25, 0.3) is 0 Å². The molecule has 0 aliphatic rings. The Morgan fingerprint density at radius 1 is 0.514 bits per heavy atom. The van der Waals surface area contributed by atoms with Crippen molar-refractivity contribution in [2.45, 2.75) is 12.8 Å². The smallest absolute Gasteiger partial charge is 0.143 e. The van der Waals surface area contributed by atoms with E-state index in [9.17, 15) is 0 Å². The van der Waals surface area contributed by atoms with Crippen LogP contribution < -0.4 is 4.74 Å². The van der Waals surface area contributed by atoms with Crippen LogP contribution in [0.2, 0.25) is 0 Å². The highest BCUT2D eigenvalue weighted by molar-refractivity contribution is 9.15. The first-order valence-corrected chi connectivity index (χ1v) is 15.9. The van der Waals surface area contributed by atoms with Gasteiger partial charge in [0.05, 0.1) is 8.95 Å². The Balaban J connectivity index is 1.69. The van der Waals surface area contributed by atoms with Crippen LogP contribution in [-0.4, -0.2) is 0 Å². The first-order chi connectivity index (χ1) is 17.7. The molecule has 0 amide bonds. The van der Waals surface area contributed by atoms with E-state index in [1.807, 2.05) is 12.2 Å². The summed E-state index contributed by atoms with van der Waals surface area (Å²) in [6, 6.07) is 20.9. The van der Waals surface area contributed by atoms with Gasteiger partial charge in [0.2, 0.25) is 0 Å². The number of ether oxygens (including phenoxy) is 1. The number of halogens is 6. The number of hydrogen-bond donors (Lipinski definition) is 0. The molecule has 188 valence electrons. The Hall–Kier alpha value is -0.960. The van der Waals surface area contributed by atoms with Crippen LogP contribution in [0, 0.1) is 0 Å². The molecule has 0 bridgehead atoms. The Kier molecular flexibility index (Phi) is 10.1. The van der Waals surface area contributed by atoms with Gasteiger partial charge in [-0.25, -0.2) is 0 Å². The summed E-state index contributed by atoms with van der Waals surface area (Å²) in [5, 5.41) is 0. The zero-order valence-electron chi connectivity index (χ0n) is 19.4. The van der Waals surface area contributed by atoms with E-state index in [0.29, 0.717) is 11.5 Å². The Morgan fingerprint density at radius 2 is 0.865 bits per heavy atom. The van der Waals surface area contributed by atoms with Crippen LogP contribution in [0.15, 0.2) is 101 Å². The predicted molar refractivity (Wildman–Crippen MR) is 178 cm³/mol. The minimum absolute atomic E-state index is 0.712. The van der Waals surface area contributed by atoms with Gasteiger partial charge in [0, 0.05) is 17.9 Å². The van der Waals surface area contributed by atoms with E-state index < -0.39 is 0 Å². The van der Waals surface area contributed by atoms with Gasteiger partial charge >= 0.3 is 0 Å². The maximum Gasteiger partial charge on any atom is 0.143 e. The van der Waals surface area contributed by atoms with Gasteiger partial charge in [-0.15, -0.1) is 0 Å². The van der Waals surface area contributed by atoms with Crippen LogP contribution in [0.3, 0.4) is 0 Å². The fourth-order valence-electron chi connectivity index (χ4n) is 3.77. The van der Waals surface area contributed by atoms with Crippen molar-refractivity contribution >= 4 is 108 Å². The van der Waals surface area contributed by atoms with Crippen molar-refractivity contribution < 1.29 is 4.74 Å². The fraction of sp³-hybridized carbons (Fsp3) is 0.0667. The van der Waals surface area contributed by atoms with Gasteiger partial charge < -0.3 is 4.74 Å². The van der Waals surface area contributed by atoms with E-state index in [2.05, 4.69) is 169 Å². The lowest BCUT2D eigenvalue weighted by atomic mass is 10.0. The summed E-state index contributed by atoms with van der Waals surface area (Å²) in [5.41, 5.74) is 6.80. The van der Waals surface area contributed by atoms with Crippen molar-refractivity contribution in [3.63, 3.8) is 0 Å². The summed E-state index contributed by atoms with van der Waals surface area (Å²) >= 11 is 22.4. The predicted octanol–water partition coefficient (Wildman–Crippen LogP) is 12.5. The zero-order chi connectivity index (χ0) is 26.7. The van der Waals surface area contributed by atoms with E-state index in [1.165, 1.54) is 11.1 Å². The average molecular weight is 876 g/mol. The molecule has 0 fully saturated rings. The highest BCUT2D eigenvalue weighted by atomic mass is 79.9. The minimum atomic E-state index is 0.712. The summed E-state index contributed by atoms with van der Waals surface area (Å²) < 4.78 is 12.0. The molecule has 7 heteroatoms. The number of rotatable bonds is 8. The second kappa shape index (κ2) is 12.9. The normalized spacial score (nSPS) is 10.9. The maximum atomic E-state index is 6.52. The molecule has 0 N–H and O–H groups in total. The second-order valence-corrected chi connectivity index (χ2v) is 13.1. The first kappa shape index (κ1) is 29.0. The standard InChI is InChI=1S/C30H20Br6O/c1-3-17-5-9-19(10-6-17)13-21-15-23(27(33)29(35)25(21)31)37-24-16-22(26(32)30(36)28(24)34)14-20-11-7-18(4-2)8-12-20/h3-12,15-16H,1-2,13-14H2.